The first-order valence-electron chi connectivity index (χ1n) is 8.07. The third-order valence-corrected chi connectivity index (χ3v) is 3.97. The standard InChI is InChI=1S/C17H22F2N2O3/c1-12(13-6-5-7-14(10-13)24-17(18)19)20-15(22)11-21-9-4-2-3-8-16(21)23/h5-7,10,12,17H,2-4,8-9,11H2,1H3,(H,20,22)/t12-/m0/s1. The molecule has 132 valence electrons. The molecule has 1 fully saturated rings. The van der Waals surface area contributed by atoms with Crippen LogP contribution >= 0.6 is 0 Å². The van der Waals surface area contributed by atoms with Crippen molar-refractivity contribution < 1.29 is 23.1 Å². The average molecular weight is 340 g/mol. The van der Waals surface area contributed by atoms with E-state index in [9.17, 15) is 18.4 Å². The van der Waals surface area contributed by atoms with E-state index >= 15 is 0 Å². The molecular formula is C17H22F2N2O3. The van der Waals surface area contributed by atoms with Gasteiger partial charge in [-0.3, -0.25) is 9.59 Å². The van der Waals surface area contributed by atoms with Crippen molar-refractivity contribution in [3.8, 4) is 5.75 Å². The topological polar surface area (TPSA) is 58.6 Å². The molecule has 1 aromatic rings. The third-order valence-electron chi connectivity index (χ3n) is 3.97. The Hall–Kier alpha value is -2.18. The first kappa shape index (κ1) is 18.2. The van der Waals surface area contributed by atoms with Gasteiger partial charge in [0.2, 0.25) is 11.8 Å². The number of rotatable bonds is 6. The summed E-state index contributed by atoms with van der Waals surface area (Å²) in [6, 6.07) is 5.84. The summed E-state index contributed by atoms with van der Waals surface area (Å²) in [4.78, 5) is 25.6. The predicted molar refractivity (Wildman–Crippen MR) is 84.7 cm³/mol. The Kier molecular flexibility index (Phi) is 6.52. The fourth-order valence-electron chi connectivity index (χ4n) is 2.71. The van der Waals surface area contributed by atoms with Crippen molar-refractivity contribution in [2.75, 3.05) is 13.1 Å². The molecule has 1 heterocycles. The lowest BCUT2D eigenvalue weighted by atomic mass is 10.1. The van der Waals surface area contributed by atoms with E-state index in [1.54, 1.807) is 24.0 Å². The minimum atomic E-state index is -2.89. The summed E-state index contributed by atoms with van der Waals surface area (Å²) in [7, 11) is 0. The number of amides is 2. The number of hydrogen-bond donors (Lipinski definition) is 1. The molecular weight excluding hydrogens is 318 g/mol. The van der Waals surface area contributed by atoms with Crippen LogP contribution in [0, 0.1) is 0 Å². The Labute approximate surface area is 140 Å². The molecule has 1 saturated heterocycles. The monoisotopic (exact) mass is 340 g/mol. The van der Waals surface area contributed by atoms with Crippen molar-refractivity contribution in [3.63, 3.8) is 0 Å². The number of likely N-dealkylation sites (tertiary alicyclic amines) is 1. The van der Waals surface area contributed by atoms with E-state index in [2.05, 4.69) is 10.1 Å². The SMILES string of the molecule is C[C@H](NC(=O)CN1CCCCCC1=O)c1cccc(OC(F)F)c1. The lowest BCUT2D eigenvalue weighted by Crippen LogP contribution is -2.41. The Morgan fingerprint density at radius 3 is 2.88 bits per heavy atom. The van der Waals surface area contributed by atoms with Crippen LogP contribution in [0.15, 0.2) is 24.3 Å². The molecule has 24 heavy (non-hydrogen) atoms. The molecule has 7 heteroatoms. The number of alkyl halides is 2. The van der Waals surface area contributed by atoms with Gasteiger partial charge in [-0.05, 0) is 37.5 Å². The maximum atomic E-state index is 12.3. The van der Waals surface area contributed by atoms with Crippen molar-refractivity contribution in [2.24, 2.45) is 0 Å². The lowest BCUT2D eigenvalue weighted by Gasteiger charge is -2.22. The third kappa shape index (κ3) is 5.47. The molecule has 0 radical (unpaired) electrons. The Balaban J connectivity index is 1.92. The van der Waals surface area contributed by atoms with Crippen LogP contribution in [0.4, 0.5) is 8.78 Å². The molecule has 1 aliphatic heterocycles. The van der Waals surface area contributed by atoms with E-state index in [0.29, 0.717) is 18.5 Å². The maximum Gasteiger partial charge on any atom is 0.387 e. The second kappa shape index (κ2) is 8.61. The predicted octanol–water partition coefficient (Wildman–Crippen LogP) is 2.87. The van der Waals surface area contributed by atoms with Crippen LogP contribution in [0.1, 0.15) is 44.2 Å². The van der Waals surface area contributed by atoms with Gasteiger partial charge in [-0.1, -0.05) is 18.6 Å². The second-order valence-electron chi connectivity index (χ2n) is 5.87. The van der Waals surface area contributed by atoms with Crippen LogP contribution in [-0.2, 0) is 9.59 Å². The first-order valence-corrected chi connectivity index (χ1v) is 8.07. The fraction of sp³-hybridized carbons (Fsp3) is 0.529. The zero-order chi connectivity index (χ0) is 17.5. The molecule has 2 rings (SSSR count). The minimum absolute atomic E-state index is 0.00244. The van der Waals surface area contributed by atoms with E-state index in [4.69, 9.17) is 0 Å². The molecule has 0 unspecified atom stereocenters. The van der Waals surface area contributed by atoms with Gasteiger partial charge in [0, 0.05) is 13.0 Å². The highest BCUT2D eigenvalue weighted by Gasteiger charge is 2.20. The fourth-order valence-corrected chi connectivity index (χ4v) is 2.71. The molecule has 1 atom stereocenters. The van der Waals surface area contributed by atoms with Crippen molar-refractivity contribution >= 4 is 11.8 Å². The number of nitrogens with one attached hydrogen (secondary N) is 1. The number of halogens is 2. The summed E-state index contributed by atoms with van der Waals surface area (Å²) in [5.41, 5.74) is 0.656. The molecule has 1 aliphatic rings. The van der Waals surface area contributed by atoms with Crippen molar-refractivity contribution in [2.45, 2.75) is 45.3 Å². The zero-order valence-corrected chi connectivity index (χ0v) is 13.6. The quantitative estimate of drug-likeness (QED) is 0.866. The van der Waals surface area contributed by atoms with Gasteiger partial charge >= 0.3 is 6.61 Å². The second-order valence-corrected chi connectivity index (χ2v) is 5.87. The molecule has 5 nitrogen and oxygen atoms in total. The van der Waals surface area contributed by atoms with Gasteiger partial charge in [-0.25, -0.2) is 0 Å². The van der Waals surface area contributed by atoms with Gasteiger partial charge < -0.3 is 15.0 Å². The summed E-state index contributed by atoms with van der Waals surface area (Å²) in [6.07, 6.45) is 3.25. The molecule has 0 aliphatic carbocycles. The number of carbonyl (C=O) groups excluding carboxylic acids is 2. The summed E-state index contributed by atoms with van der Waals surface area (Å²) < 4.78 is 28.9. The zero-order valence-electron chi connectivity index (χ0n) is 13.6. The summed E-state index contributed by atoms with van der Waals surface area (Å²) in [5.74, 6) is -0.216. The Bertz CT molecular complexity index is 581. The molecule has 1 aromatic carbocycles. The van der Waals surface area contributed by atoms with Crippen LogP contribution in [0.5, 0.6) is 5.75 Å². The van der Waals surface area contributed by atoms with E-state index in [0.717, 1.165) is 19.3 Å². The normalized spacial score (nSPS) is 16.7. The van der Waals surface area contributed by atoms with Gasteiger partial charge in [-0.2, -0.15) is 8.78 Å². The van der Waals surface area contributed by atoms with Crippen molar-refractivity contribution in [1.82, 2.24) is 10.2 Å². The molecule has 1 N–H and O–H groups in total. The van der Waals surface area contributed by atoms with Gasteiger partial charge in [0.25, 0.3) is 0 Å². The van der Waals surface area contributed by atoms with Gasteiger partial charge in [0.1, 0.15) is 5.75 Å². The molecule has 2 amide bonds. The maximum absolute atomic E-state index is 12.3. The summed E-state index contributed by atoms with van der Waals surface area (Å²) in [5, 5.41) is 2.79. The summed E-state index contributed by atoms with van der Waals surface area (Å²) >= 11 is 0. The Morgan fingerprint density at radius 2 is 2.12 bits per heavy atom. The molecule has 0 saturated carbocycles. The van der Waals surface area contributed by atoms with Crippen LogP contribution in [0.2, 0.25) is 0 Å². The first-order chi connectivity index (χ1) is 11.5. The number of hydrogen-bond acceptors (Lipinski definition) is 3. The Morgan fingerprint density at radius 1 is 1.33 bits per heavy atom. The van der Waals surface area contributed by atoms with Crippen LogP contribution in [0.3, 0.4) is 0 Å². The average Bonchev–Trinajstić information content (AvgIpc) is 2.72. The van der Waals surface area contributed by atoms with Crippen LogP contribution < -0.4 is 10.1 Å². The van der Waals surface area contributed by atoms with Gasteiger partial charge in [0.15, 0.2) is 0 Å². The molecule has 0 spiro atoms. The number of carbonyl (C=O) groups is 2. The minimum Gasteiger partial charge on any atom is -0.435 e. The van der Waals surface area contributed by atoms with Crippen molar-refractivity contribution in [1.29, 1.82) is 0 Å². The highest BCUT2D eigenvalue weighted by Crippen LogP contribution is 2.20. The highest BCUT2D eigenvalue weighted by atomic mass is 19.3. The van der Waals surface area contributed by atoms with E-state index < -0.39 is 6.61 Å². The number of nitrogens with zero attached hydrogens (tertiary/aromatic N) is 1. The molecule has 0 bridgehead atoms. The lowest BCUT2D eigenvalue weighted by molar-refractivity contribution is -0.135. The van der Waals surface area contributed by atoms with Gasteiger partial charge in [0.05, 0.1) is 12.6 Å². The number of ether oxygens (including phenoxy) is 1. The van der Waals surface area contributed by atoms with Crippen molar-refractivity contribution in [3.05, 3.63) is 29.8 Å². The van der Waals surface area contributed by atoms with Crippen LogP contribution in [0.25, 0.3) is 0 Å². The van der Waals surface area contributed by atoms with Gasteiger partial charge in [-0.15, -0.1) is 0 Å². The summed E-state index contributed by atoms with van der Waals surface area (Å²) in [6.45, 7) is -0.516. The number of benzene rings is 1. The van der Waals surface area contributed by atoms with E-state index in [1.165, 1.54) is 12.1 Å². The molecule has 0 aromatic heterocycles. The highest BCUT2D eigenvalue weighted by molar-refractivity contribution is 5.85. The van der Waals surface area contributed by atoms with E-state index in [1.807, 2.05) is 0 Å². The van der Waals surface area contributed by atoms with Crippen LogP contribution in [-0.4, -0.2) is 36.4 Å². The largest absolute Gasteiger partial charge is 0.435 e. The smallest absolute Gasteiger partial charge is 0.387 e. The van der Waals surface area contributed by atoms with E-state index in [-0.39, 0.29) is 30.2 Å².